The number of nitrogens with one attached hydrogen (secondary N) is 1. The maximum Gasteiger partial charge on any atom is 0.408 e. The zero-order valence-corrected chi connectivity index (χ0v) is 14.0. The van der Waals surface area contributed by atoms with E-state index in [0.717, 1.165) is 18.4 Å². The lowest BCUT2D eigenvalue weighted by Crippen LogP contribution is -2.43. The van der Waals surface area contributed by atoms with Crippen LogP contribution in [0, 0.1) is 0 Å². The van der Waals surface area contributed by atoms with E-state index in [2.05, 4.69) is 5.32 Å². The number of amides is 1. The number of carbonyl (C=O) groups is 2. The van der Waals surface area contributed by atoms with Crippen molar-refractivity contribution in [3.63, 3.8) is 0 Å². The van der Waals surface area contributed by atoms with E-state index < -0.39 is 12.2 Å². The number of ether oxygens (including phenoxy) is 1. The fourth-order valence-corrected chi connectivity index (χ4v) is 2.03. The molecule has 1 N–H and O–H groups in total. The molecule has 22 heavy (non-hydrogen) atoms. The summed E-state index contributed by atoms with van der Waals surface area (Å²) in [5, 5.41) is 2.73. The third-order valence-electron chi connectivity index (χ3n) is 3.13. The molecule has 0 heterocycles. The number of benzene rings is 1. The number of rotatable bonds is 7. The highest BCUT2D eigenvalue weighted by molar-refractivity contribution is 5.85. The molecular formula is C18H27NO3. The summed E-state index contributed by atoms with van der Waals surface area (Å²) in [5.74, 6) is -0.0187. The van der Waals surface area contributed by atoms with E-state index in [4.69, 9.17) is 4.74 Å². The van der Waals surface area contributed by atoms with Crippen molar-refractivity contribution in [3.05, 3.63) is 35.9 Å². The molecule has 1 aromatic carbocycles. The number of carbonyl (C=O) groups excluding carboxylic acids is 2. The monoisotopic (exact) mass is 305 g/mol. The summed E-state index contributed by atoms with van der Waals surface area (Å²) >= 11 is 0. The molecule has 0 aliphatic carbocycles. The highest BCUT2D eigenvalue weighted by Crippen LogP contribution is 2.12. The normalized spacial score (nSPS) is 12.5. The van der Waals surface area contributed by atoms with Crippen molar-refractivity contribution < 1.29 is 14.3 Å². The lowest BCUT2D eigenvalue weighted by Gasteiger charge is -2.23. The number of hydrogen-bond acceptors (Lipinski definition) is 3. The second kappa shape index (κ2) is 8.57. The van der Waals surface area contributed by atoms with Gasteiger partial charge < -0.3 is 10.1 Å². The second-order valence-corrected chi connectivity index (χ2v) is 6.53. The van der Waals surface area contributed by atoms with Crippen LogP contribution in [0.25, 0.3) is 0 Å². The minimum absolute atomic E-state index is 0.0187. The zero-order valence-electron chi connectivity index (χ0n) is 14.0. The average Bonchev–Trinajstić information content (AvgIpc) is 2.43. The van der Waals surface area contributed by atoms with E-state index in [1.54, 1.807) is 0 Å². The minimum atomic E-state index is -0.726. The number of unbranched alkanes of at least 4 members (excludes halogenated alkanes) is 1. The molecule has 0 aromatic heterocycles. The summed E-state index contributed by atoms with van der Waals surface area (Å²) in [5.41, 5.74) is 0.599. The molecule has 4 nitrogen and oxygen atoms in total. The van der Waals surface area contributed by atoms with Gasteiger partial charge in [-0.15, -0.1) is 0 Å². The Morgan fingerprint density at radius 2 is 1.82 bits per heavy atom. The predicted octanol–water partition coefficient (Wildman–Crippen LogP) is 3.88. The Balaban J connectivity index is 2.73. The van der Waals surface area contributed by atoms with Gasteiger partial charge in [0.05, 0.1) is 0 Å². The first-order chi connectivity index (χ1) is 10.3. The summed E-state index contributed by atoms with van der Waals surface area (Å²) in [6, 6.07) is 9.62. The summed E-state index contributed by atoms with van der Waals surface area (Å²) in [6.07, 6.45) is 1.35. The van der Waals surface area contributed by atoms with Gasteiger partial charge in [-0.1, -0.05) is 43.7 Å². The van der Waals surface area contributed by atoms with E-state index in [1.165, 1.54) is 0 Å². The highest BCUT2D eigenvalue weighted by atomic mass is 16.6. The Morgan fingerprint density at radius 1 is 1.18 bits per heavy atom. The van der Waals surface area contributed by atoms with Crippen LogP contribution in [-0.4, -0.2) is 23.5 Å². The first-order valence-electron chi connectivity index (χ1n) is 7.87. The van der Waals surface area contributed by atoms with E-state index in [0.29, 0.717) is 12.8 Å². The quantitative estimate of drug-likeness (QED) is 0.831. The van der Waals surface area contributed by atoms with E-state index >= 15 is 0 Å². The van der Waals surface area contributed by atoms with Gasteiger partial charge in [-0.05, 0) is 32.8 Å². The largest absolute Gasteiger partial charge is 0.438 e. The maximum atomic E-state index is 12.3. The van der Waals surface area contributed by atoms with E-state index in [9.17, 15) is 9.59 Å². The molecule has 0 spiro atoms. The van der Waals surface area contributed by atoms with Gasteiger partial charge in [-0.3, -0.25) is 4.79 Å². The van der Waals surface area contributed by atoms with Crippen molar-refractivity contribution in [1.82, 2.24) is 5.32 Å². The van der Waals surface area contributed by atoms with Crippen LogP contribution < -0.4 is 5.32 Å². The summed E-state index contributed by atoms with van der Waals surface area (Å²) in [4.78, 5) is 24.3. The molecule has 1 amide bonds. The molecule has 0 aliphatic rings. The predicted molar refractivity (Wildman–Crippen MR) is 87.8 cm³/mol. The zero-order chi connectivity index (χ0) is 16.6. The fraction of sp³-hybridized carbons (Fsp3) is 0.556. The van der Waals surface area contributed by atoms with Crippen LogP contribution in [0.4, 0.5) is 4.79 Å². The van der Waals surface area contributed by atoms with Crippen LogP contribution in [0.5, 0.6) is 0 Å². The number of ketones is 1. The van der Waals surface area contributed by atoms with Gasteiger partial charge in [0.15, 0.2) is 11.9 Å². The third-order valence-corrected chi connectivity index (χ3v) is 3.13. The lowest BCUT2D eigenvalue weighted by atomic mass is 10.0. The topological polar surface area (TPSA) is 55.4 Å². The van der Waals surface area contributed by atoms with Gasteiger partial charge in [0.1, 0.15) is 0 Å². The Labute approximate surface area is 133 Å². The van der Waals surface area contributed by atoms with Gasteiger partial charge in [-0.2, -0.15) is 0 Å². The number of Topliss-reactive ketones (excluding diaryl/α,β-unsaturated/α-hetero) is 1. The van der Waals surface area contributed by atoms with Crippen molar-refractivity contribution in [3.8, 4) is 0 Å². The molecule has 0 saturated carbocycles. The number of hydrogen-bond donors (Lipinski definition) is 1. The van der Waals surface area contributed by atoms with E-state index in [1.807, 2.05) is 58.0 Å². The highest BCUT2D eigenvalue weighted by Gasteiger charge is 2.24. The molecule has 0 aliphatic heterocycles. The van der Waals surface area contributed by atoms with Gasteiger partial charge in [0.2, 0.25) is 0 Å². The Hall–Kier alpha value is -1.84. The molecule has 0 radical (unpaired) electrons. The fourth-order valence-electron chi connectivity index (χ4n) is 2.03. The van der Waals surface area contributed by atoms with Gasteiger partial charge in [0.25, 0.3) is 0 Å². The molecule has 1 unspecified atom stereocenters. The van der Waals surface area contributed by atoms with Crippen LogP contribution in [0.3, 0.4) is 0 Å². The Bertz CT molecular complexity index is 477. The molecule has 122 valence electrons. The molecule has 0 bridgehead atoms. The first kappa shape index (κ1) is 18.2. The van der Waals surface area contributed by atoms with Crippen molar-refractivity contribution in [2.75, 3.05) is 0 Å². The van der Waals surface area contributed by atoms with Crippen LogP contribution in [-0.2, 0) is 16.0 Å². The summed E-state index contributed by atoms with van der Waals surface area (Å²) in [7, 11) is 0. The molecule has 4 heteroatoms. The van der Waals surface area contributed by atoms with Crippen LogP contribution in [0.1, 0.15) is 52.5 Å². The smallest absolute Gasteiger partial charge is 0.408 e. The second-order valence-electron chi connectivity index (χ2n) is 6.53. The van der Waals surface area contributed by atoms with Crippen molar-refractivity contribution in [2.24, 2.45) is 0 Å². The third kappa shape index (κ3) is 7.25. The van der Waals surface area contributed by atoms with E-state index in [-0.39, 0.29) is 11.3 Å². The van der Waals surface area contributed by atoms with Gasteiger partial charge in [0, 0.05) is 18.4 Å². The first-order valence-corrected chi connectivity index (χ1v) is 7.87. The van der Waals surface area contributed by atoms with Crippen LogP contribution in [0.2, 0.25) is 0 Å². The Kier molecular flexibility index (Phi) is 7.09. The van der Waals surface area contributed by atoms with Crippen LogP contribution >= 0.6 is 0 Å². The van der Waals surface area contributed by atoms with Crippen LogP contribution in [0.15, 0.2) is 30.3 Å². The average molecular weight is 305 g/mol. The van der Waals surface area contributed by atoms with Gasteiger partial charge in [-0.25, -0.2) is 4.79 Å². The molecule has 0 fully saturated rings. The molecular weight excluding hydrogens is 278 g/mol. The summed E-state index contributed by atoms with van der Waals surface area (Å²) in [6.45, 7) is 7.66. The van der Waals surface area contributed by atoms with Crippen molar-refractivity contribution in [2.45, 2.75) is 65.0 Å². The molecule has 0 saturated heterocycles. The Morgan fingerprint density at radius 3 is 2.36 bits per heavy atom. The van der Waals surface area contributed by atoms with Crippen molar-refractivity contribution in [1.29, 1.82) is 0 Å². The lowest BCUT2D eigenvalue weighted by molar-refractivity contribution is -0.127. The van der Waals surface area contributed by atoms with Crippen molar-refractivity contribution >= 4 is 11.9 Å². The van der Waals surface area contributed by atoms with Gasteiger partial charge >= 0.3 is 6.09 Å². The molecule has 1 atom stereocenters. The molecule has 1 aromatic rings. The minimum Gasteiger partial charge on any atom is -0.438 e. The number of alkyl carbamates (subject to hydrolysis) is 1. The maximum absolute atomic E-state index is 12.3. The summed E-state index contributed by atoms with van der Waals surface area (Å²) < 4.78 is 5.39. The SMILES string of the molecule is CCCCC(=O)C(Cc1ccccc1)OC(=O)NC(C)(C)C. The molecule has 1 rings (SSSR count). The standard InChI is InChI=1S/C18H27NO3/c1-5-6-12-15(20)16(13-14-10-8-7-9-11-14)22-17(21)19-18(2,3)4/h7-11,16H,5-6,12-13H2,1-4H3,(H,19,21).